The molecule has 2 aromatic carbocycles. The van der Waals surface area contributed by atoms with E-state index >= 15 is 0 Å². The zero-order valence-electron chi connectivity index (χ0n) is 27.7. The molecule has 0 aromatic heterocycles. The largest absolute Gasteiger partial charge is 0.487 e. The Balaban J connectivity index is 1.96. The predicted octanol–water partition coefficient (Wildman–Crippen LogP) is 6.22. The number of nitriles is 1. The maximum atomic E-state index is 13.9. The van der Waals surface area contributed by atoms with Crippen LogP contribution in [0.2, 0.25) is 10.0 Å². The van der Waals surface area contributed by atoms with Crippen LogP contribution in [-0.2, 0) is 11.2 Å². The van der Waals surface area contributed by atoms with E-state index < -0.39 is 18.4 Å². The molecule has 0 spiro atoms. The molecule has 2 aromatic rings. The average Bonchev–Trinajstić information content (AvgIpc) is 3.63. The van der Waals surface area contributed by atoms with Crippen molar-refractivity contribution in [3.05, 3.63) is 68.0 Å². The van der Waals surface area contributed by atoms with Crippen molar-refractivity contribution in [2.45, 2.75) is 96.2 Å². The Morgan fingerprint density at radius 1 is 1.23 bits per heavy atom. The number of nitrogens with two attached hydrogens (primary N) is 1. The van der Waals surface area contributed by atoms with E-state index in [0.717, 1.165) is 49.2 Å². The lowest BCUT2D eigenvalue weighted by molar-refractivity contribution is -0.135. The van der Waals surface area contributed by atoms with Gasteiger partial charge in [0.25, 0.3) is 0 Å². The highest BCUT2D eigenvalue weighted by molar-refractivity contribution is 6.42. The standard InChI is InChI=1S/C33H48Cl2N10O2/c1-5-23-26(11-9-13-29(23)47-33(6-2,7-3)8-4)43-32(41-21-36)40-20-28(30(37)22-14-15-24(34)25(35)19-22)45(18-17-42-44-38)31(46)27-12-10-16-39-27/h9,11,13-15,19,27-28,30,32,39-41,43H,5-8,10,12,16-18,20,37H2,1-4H3/t27-,28?,30?,32?/m1/s1. The highest BCUT2D eigenvalue weighted by atomic mass is 35.5. The predicted molar refractivity (Wildman–Crippen MR) is 188 cm³/mol. The second-order valence-corrected chi connectivity index (χ2v) is 12.4. The number of anilines is 1. The molecule has 1 aliphatic heterocycles. The Bertz CT molecular complexity index is 1400. The Labute approximate surface area is 288 Å². The van der Waals surface area contributed by atoms with Gasteiger partial charge < -0.3 is 26.0 Å². The molecule has 12 nitrogen and oxygen atoms in total. The van der Waals surface area contributed by atoms with E-state index in [1.54, 1.807) is 23.1 Å². The fourth-order valence-electron chi connectivity index (χ4n) is 6.06. The Morgan fingerprint density at radius 2 is 1.98 bits per heavy atom. The van der Waals surface area contributed by atoms with Gasteiger partial charge in [-0.2, -0.15) is 5.26 Å². The second-order valence-electron chi connectivity index (χ2n) is 11.6. The van der Waals surface area contributed by atoms with E-state index in [2.05, 4.69) is 59.0 Å². The smallest absolute Gasteiger partial charge is 0.240 e. The summed E-state index contributed by atoms with van der Waals surface area (Å²) < 4.78 is 6.64. The van der Waals surface area contributed by atoms with E-state index in [1.807, 2.05) is 24.4 Å². The maximum Gasteiger partial charge on any atom is 0.240 e. The number of nitrogens with one attached hydrogen (secondary N) is 4. The first-order valence-corrected chi connectivity index (χ1v) is 17.1. The number of hydrogen-bond acceptors (Lipinski definition) is 9. The molecule has 14 heteroatoms. The van der Waals surface area contributed by atoms with E-state index in [0.29, 0.717) is 28.5 Å². The summed E-state index contributed by atoms with van der Waals surface area (Å²) in [5.74, 6) is 0.664. The van der Waals surface area contributed by atoms with Crippen molar-refractivity contribution in [2.75, 3.05) is 31.5 Å². The van der Waals surface area contributed by atoms with Gasteiger partial charge in [0.1, 0.15) is 11.4 Å². The third-order valence-corrected chi connectivity index (χ3v) is 9.81. The first-order valence-electron chi connectivity index (χ1n) is 16.4. The van der Waals surface area contributed by atoms with Crippen LogP contribution in [0.3, 0.4) is 0 Å². The quantitative estimate of drug-likeness (QED) is 0.0289. The molecule has 0 aliphatic carbocycles. The summed E-state index contributed by atoms with van der Waals surface area (Å²) in [6, 6.07) is 9.29. The van der Waals surface area contributed by atoms with Gasteiger partial charge in [-0.1, -0.05) is 68.1 Å². The number of ether oxygens (including phenoxy) is 1. The molecule has 4 atom stereocenters. The van der Waals surface area contributed by atoms with Gasteiger partial charge in [0.05, 0.1) is 28.2 Å². The summed E-state index contributed by atoms with van der Waals surface area (Å²) in [6.07, 6.45) is 6.21. The molecule has 3 rings (SSSR count). The van der Waals surface area contributed by atoms with Crippen LogP contribution < -0.4 is 31.7 Å². The van der Waals surface area contributed by atoms with Crippen molar-refractivity contribution in [3.8, 4) is 11.9 Å². The summed E-state index contributed by atoms with van der Waals surface area (Å²) in [5, 5.41) is 27.0. The van der Waals surface area contributed by atoms with Gasteiger partial charge in [0.15, 0.2) is 12.5 Å². The molecule has 6 N–H and O–H groups in total. The van der Waals surface area contributed by atoms with Gasteiger partial charge in [-0.05, 0) is 80.4 Å². The number of azide groups is 1. The summed E-state index contributed by atoms with van der Waals surface area (Å²) >= 11 is 12.6. The highest BCUT2D eigenvalue weighted by Crippen LogP contribution is 2.34. The Hall–Kier alpha value is -3.43. The molecular weight excluding hydrogens is 639 g/mol. The van der Waals surface area contributed by atoms with Crippen LogP contribution in [-0.4, -0.2) is 61.0 Å². The van der Waals surface area contributed by atoms with Gasteiger partial charge in [-0.15, -0.1) is 0 Å². The average molecular weight is 688 g/mol. The first-order chi connectivity index (χ1) is 22.7. The topological polar surface area (TPSA) is 176 Å². The number of rotatable bonds is 19. The third kappa shape index (κ3) is 10.0. The number of carbonyl (C=O) groups is 1. The lowest BCUT2D eigenvalue weighted by atomic mass is 9.93. The van der Waals surface area contributed by atoms with E-state index in [9.17, 15) is 10.1 Å². The molecule has 1 amide bonds. The molecule has 0 saturated carbocycles. The minimum Gasteiger partial charge on any atom is -0.487 e. The molecule has 1 aliphatic rings. The zero-order valence-corrected chi connectivity index (χ0v) is 29.2. The van der Waals surface area contributed by atoms with Crippen molar-refractivity contribution in [3.63, 3.8) is 0 Å². The summed E-state index contributed by atoms with van der Waals surface area (Å²) in [4.78, 5) is 18.5. The molecule has 1 fully saturated rings. The third-order valence-electron chi connectivity index (χ3n) is 9.07. The summed E-state index contributed by atoms with van der Waals surface area (Å²) in [6.45, 7) is 9.61. The van der Waals surface area contributed by atoms with Gasteiger partial charge in [-0.25, -0.2) is 0 Å². The normalized spacial score (nSPS) is 16.3. The van der Waals surface area contributed by atoms with E-state index in [4.69, 9.17) is 39.2 Å². The number of benzene rings is 2. The van der Waals surface area contributed by atoms with Gasteiger partial charge in [-0.3, -0.25) is 15.4 Å². The van der Waals surface area contributed by atoms with Crippen molar-refractivity contribution < 1.29 is 9.53 Å². The fourth-order valence-corrected chi connectivity index (χ4v) is 6.37. The number of nitrogens with zero attached hydrogens (tertiary/aromatic N) is 5. The molecule has 3 unspecified atom stereocenters. The number of hydrogen-bond donors (Lipinski definition) is 5. The molecule has 47 heavy (non-hydrogen) atoms. The van der Waals surface area contributed by atoms with Crippen LogP contribution in [0.5, 0.6) is 5.75 Å². The zero-order chi connectivity index (χ0) is 34.4. The van der Waals surface area contributed by atoms with Crippen molar-refractivity contribution in [1.29, 1.82) is 5.26 Å². The van der Waals surface area contributed by atoms with Crippen LogP contribution in [0.1, 0.15) is 77.0 Å². The monoisotopic (exact) mass is 686 g/mol. The van der Waals surface area contributed by atoms with Crippen LogP contribution in [0, 0.1) is 11.5 Å². The van der Waals surface area contributed by atoms with Crippen LogP contribution in [0.15, 0.2) is 41.5 Å². The van der Waals surface area contributed by atoms with E-state index in [1.165, 1.54) is 0 Å². The van der Waals surface area contributed by atoms with Crippen molar-refractivity contribution >= 4 is 34.8 Å². The number of carbonyl (C=O) groups excluding carboxylic acids is 1. The number of halogens is 2. The molecule has 1 saturated heterocycles. The van der Waals surface area contributed by atoms with Crippen LogP contribution in [0.25, 0.3) is 10.4 Å². The van der Waals surface area contributed by atoms with Gasteiger partial charge >= 0.3 is 0 Å². The lowest BCUT2D eigenvalue weighted by Gasteiger charge is -2.38. The number of amides is 1. The Morgan fingerprint density at radius 3 is 2.57 bits per heavy atom. The summed E-state index contributed by atoms with van der Waals surface area (Å²) in [5.41, 5.74) is 18.1. The molecule has 256 valence electrons. The molecule has 0 radical (unpaired) electrons. The van der Waals surface area contributed by atoms with Crippen molar-refractivity contribution in [2.24, 2.45) is 10.8 Å². The van der Waals surface area contributed by atoms with E-state index in [-0.39, 0.29) is 37.2 Å². The Kier molecular flexibility index (Phi) is 15.2. The highest BCUT2D eigenvalue weighted by Gasteiger charge is 2.35. The van der Waals surface area contributed by atoms with Crippen molar-refractivity contribution in [1.82, 2.24) is 20.9 Å². The van der Waals surface area contributed by atoms with Crippen LogP contribution in [0.4, 0.5) is 5.69 Å². The minimum absolute atomic E-state index is 0.0686. The minimum atomic E-state index is -0.726. The fraction of sp³-hybridized carbons (Fsp3) is 0.576. The molecular formula is C33H48Cl2N10O2. The SMILES string of the molecule is CCc1c(NC(NC#N)NCC(C(N)c2ccc(Cl)c(Cl)c2)N(CCN=[N+]=[N-])C(=O)[C@H]2CCCN2)cccc1OC(CC)(CC)CC. The first kappa shape index (κ1) is 38.0. The van der Waals surface area contributed by atoms with Crippen LogP contribution >= 0.6 is 23.2 Å². The lowest BCUT2D eigenvalue weighted by Crippen LogP contribution is -2.58. The van der Waals surface area contributed by atoms with Gasteiger partial charge in [0, 0.05) is 35.8 Å². The summed E-state index contributed by atoms with van der Waals surface area (Å²) in [7, 11) is 0. The van der Waals surface area contributed by atoms with Gasteiger partial charge in [0.2, 0.25) is 5.91 Å². The second kappa shape index (κ2) is 18.8. The molecule has 0 bridgehead atoms. The maximum absolute atomic E-state index is 13.9. The molecule has 1 heterocycles.